The van der Waals surface area contributed by atoms with E-state index in [1.165, 1.54) is 0 Å². The number of benzene rings is 1. The van der Waals surface area contributed by atoms with Crippen LogP contribution in [-0.2, 0) is 15.8 Å². The molecular formula is C15H22ClN3O2S. The Hall–Kier alpha value is -1.21. The summed E-state index contributed by atoms with van der Waals surface area (Å²) in [5.74, 6) is 0.138. The second-order valence-electron chi connectivity index (χ2n) is 5.51. The fourth-order valence-electron chi connectivity index (χ4n) is 2.00. The van der Waals surface area contributed by atoms with E-state index >= 15 is 0 Å². The molecular weight excluding hydrogens is 322 g/mol. The summed E-state index contributed by atoms with van der Waals surface area (Å²) >= 11 is 0. The smallest absolute Gasteiger partial charge is 0.215 e. The first-order valence-electron chi connectivity index (χ1n) is 6.94. The van der Waals surface area contributed by atoms with Crippen LogP contribution in [0.4, 0.5) is 0 Å². The third kappa shape index (κ3) is 4.91. The first-order chi connectivity index (χ1) is 9.89. The Morgan fingerprint density at radius 3 is 2.59 bits per heavy atom. The molecule has 3 N–H and O–H groups in total. The van der Waals surface area contributed by atoms with E-state index in [-0.39, 0.29) is 36.7 Å². The van der Waals surface area contributed by atoms with Gasteiger partial charge in [0, 0.05) is 24.2 Å². The van der Waals surface area contributed by atoms with Crippen LogP contribution in [0.2, 0.25) is 0 Å². The minimum atomic E-state index is -3.42. The molecule has 0 aliphatic carbocycles. The Balaban J connectivity index is 0.00000242. The van der Waals surface area contributed by atoms with Crippen molar-refractivity contribution in [2.45, 2.75) is 25.6 Å². The number of sulfonamides is 1. The van der Waals surface area contributed by atoms with E-state index in [2.05, 4.69) is 9.71 Å². The zero-order valence-electron chi connectivity index (χ0n) is 12.7. The van der Waals surface area contributed by atoms with Crippen molar-refractivity contribution in [3.63, 3.8) is 0 Å². The maximum atomic E-state index is 12.2. The number of aromatic nitrogens is 1. The number of rotatable bonds is 6. The van der Waals surface area contributed by atoms with Crippen molar-refractivity contribution in [2.75, 3.05) is 6.54 Å². The lowest BCUT2D eigenvalue weighted by molar-refractivity contribution is 0.481. The van der Waals surface area contributed by atoms with E-state index in [4.69, 9.17) is 5.73 Å². The maximum absolute atomic E-state index is 12.2. The molecule has 7 heteroatoms. The normalized spacial score (nSPS) is 13.1. The molecule has 5 nitrogen and oxygen atoms in total. The molecule has 2 aromatic rings. The zero-order valence-corrected chi connectivity index (χ0v) is 14.3. The van der Waals surface area contributed by atoms with Crippen molar-refractivity contribution in [1.82, 2.24) is 9.71 Å². The monoisotopic (exact) mass is 343 g/mol. The van der Waals surface area contributed by atoms with Gasteiger partial charge in [0.1, 0.15) is 0 Å². The predicted molar refractivity (Wildman–Crippen MR) is 92.4 cm³/mol. The predicted octanol–water partition coefficient (Wildman–Crippen LogP) is 2.06. The molecule has 0 aliphatic rings. The van der Waals surface area contributed by atoms with Crippen LogP contribution in [0.1, 0.15) is 19.4 Å². The molecule has 1 aromatic carbocycles. The highest BCUT2D eigenvalue weighted by Gasteiger charge is 2.16. The SMILES string of the molecule is CC(C)C(N)CNS(=O)(=O)Cc1cccc2cccnc12.Cl. The van der Waals surface area contributed by atoms with Crippen LogP contribution in [0.5, 0.6) is 0 Å². The van der Waals surface area contributed by atoms with Gasteiger partial charge in [0.05, 0.1) is 11.3 Å². The molecule has 122 valence electrons. The third-order valence-electron chi connectivity index (χ3n) is 3.46. The minimum absolute atomic E-state index is 0. The number of nitrogens with zero attached hydrogens (tertiary/aromatic N) is 1. The van der Waals surface area contributed by atoms with Crippen molar-refractivity contribution in [1.29, 1.82) is 0 Å². The number of nitrogens with two attached hydrogens (primary N) is 1. The number of nitrogens with one attached hydrogen (secondary N) is 1. The van der Waals surface area contributed by atoms with E-state index in [0.29, 0.717) is 5.56 Å². The van der Waals surface area contributed by atoms with E-state index in [9.17, 15) is 8.42 Å². The average Bonchev–Trinajstić information content (AvgIpc) is 2.45. The second kappa shape index (κ2) is 7.87. The quantitative estimate of drug-likeness (QED) is 0.840. The summed E-state index contributed by atoms with van der Waals surface area (Å²) in [6.45, 7) is 4.18. The number of hydrogen-bond acceptors (Lipinski definition) is 4. The van der Waals surface area contributed by atoms with Crippen molar-refractivity contribution in [2.24, 2.45) is 11.7 Å². The zero-order chi connectivity index (χ0) is 15.5. The van der Waals surface area contributed by atoms with Crippen LogP contribution in [0, 0.1) is 5.92 Å². The maximum Gasteiger partial charge on any atom is 0.215 e. The lowest BCUT2D eigenvalue weighted by atomic mass is 10.1. The topological polar surface area (TPSA) is 85.1 Å². The first-order valence-corrected chi connectivity index (χ1v) is 8.60. The van der Waals surface area contributed by atoms with Gasteiger partial charge in [-0.2, -0.15) is 0 Å². The van der Waals surface area contributed by atoms with Crippen LogP contribution in [0.3, 0.4) is 0 Å². The summed E-state index contributed by atoms with van der Waals surface area (Å²) in [6.07, 6.45) is 1.67. The van der Waals surface area contributed by atoms with Gasteiger partial charge >= 0.3 is 0 Å². The Morgan fingerprint density at radius 1 is 1.23 bits per heavy atom. The summed E-state index contributed by atoms with van der Waals surface area (Å²) in [5, 5.41) is 0.934. The summed E-state index contributed by atoms with van der Waals surface area (Å²) in [7, 11) is -3.42. The third-order valence-corrected chi connectivity index (χ3v) is 4.75. The molecule has 0 amide bonds. The van der Waals surface area contributed by atoms with Gasteiger partial charge in [0.2, 0.25) is 10.0 Å². The largest absolute Gasteiger partial charge is 0.326 e. The van der Waals surface area contributed by atoms with Gasteiger partial charge in [-0.3, -0.25) is 4.98 Å². The Labute approximate surface area is 137 Å². The van der Waals surface area contributed by atoms with E-state index in [1.54, 1.807) is 12.3 Å². The lowest BCUT2D eigenvalue weighted by Crippen LogP contribution is -2.40. The van der Waals surface area contributed by atoms with Gasteiger partial charge in [-0.05, 0) is 17.5 Å². The molecule has 1 heterocycles. The van der Waals surface area contributed by atoms with Gasteiger partial charge in [-0.25, -0.2) is 13.1 Å². The number of halogens is 1. The molecule has 0 radical (unpaired) electrons. The summed E-state index contributed by atoms with van der Waals surface area (Å²) < 4.78 is 26.9. The van der Waals surface area contributed by atoms with Crippen molar-refractivity contribution >= 4 is 33.3 Å². The van der Waals surface area contributed by atoms with Gasteiger partial charge in [0.25, 0.3) is 0 Å². The van der Waals surface area contributed by atoms with E-state index in [1.807, 2.05) is 38.1 Å². The van der Waals surface area contributed by atoms with Gasteiger partial charge < -0.3 is 5.73 Å². The Morgan fingerprint density at radius 2 is 1.91 bits per heavy atom. The van der Waals surface area contributed by atoms with Crippen LogP contribution in [0.15, 0.2) is 36.5 Å². The Bertz CT molecular complexity index is 714. The molecule has 0 spiro atoms. The standard InChI is InChI=1S/C15H21N3O2S.ClH/c1-11(2)14(16)9-18-21(19,20)10-13-6-3-5-12-7-4-8-17-15(12)13;/h3-8,11,14,18H,9-10,16H2,1-2H3;1H. The fraction of sp³-hybridized carbons (Fsp3) is 0.400. The Kier molecular flexibility index (Phi) is 6.74. The molecule has 0 bridgehead atoms. The van der Waals surface area contributed by atoms with Crippen LogP contribution < -0.4 is 10.5 Å². The highest BCUT2D eigenvalue weighted by molar-refractivity contribution is 7.88. The highest BCUT2D eigenvalue weighted by atomic mass is 35.5. The molecule has 0 aliphatic heterocycles. The van der Waals surface area contributed by atoms with Crippen molar-refractivity contribution in [3.8, 4) is 0 Å². The molecule has 1 unspecified atom stereocenters. The fourth-order valence-corrected chi connectivity index (χ4v) is 3.19. The van der Waals surface area contributed by atoms with E-state index < -0.39 is 10.0 Å². The van der Waals surface area contributed by atoms with Crippen molar-refractivity contribution < 1.29 is 8.42 Å². The second-order valence-corrected chi connectivity index (χ2v) is 7.31. The summed E-state index contributed by atoms with van der Waals surface area (Å²) in [5.41, 5.74) is 7.28. The molecule has 1 aromatic heterocycles. The summed E-state index contributed by atoms with van der Waals surface area (Å²) in [6, 6.07) is 9.11. The minimum Gasteiger partial charge on any atom is -0.326 e. The van der Waals surface area contributed by atoms with Crippen LogP contribution in [0.25, 0.3) is 10.9 Å². The number of para-hydroxylation sites is 1. The molecule has 0 saturated carbocycles. The van der Waals surface area contributed by atoms with Crippen molar-refractivity contribution in [3.05, 3.63) is 42.1 Å². The molecule has 22 heavy (non-hydrogen) atoms. The average molecular weight is 344 g/mol. The van der Waals surface area contributed by atoms with Crippen LogP contribution in [-0.4, -0.2) is 26.0 Å². The highest BCUT2D eigenvalue weighted by Crippen LogP contribution is 2.17. The molecule has 1 atom stereocenters. The number of hydrogen-bond donors (Lipinski definition) is 2. The summed E-state index contributed by atoms with van der Waals surface area (Å²) in [4.78, 5) is 4.27. The van der Waals surface area contributed by atoms with Gasteiger partial charge in [0.15, 0.2) is 0 Å². The van der Waals surface area contributed by atoms with Gasteiger partial charge in [-0.1, -0.05) is 38.1 Å². The lowest BCUT2D eigenvalue weighted by Gasteiger charge is -2.16. The molecule has 0 saturated heterocycles. The molecule has 0 fully saturated rings. The number of pyridine rings is 1. The van der Waals surface area contributed by atoms with Gasteiger partial charge in [-0.15, -0.1) is 12.4 Å². The number of fused-ring (bicyclic) bond motifs is 1. The van der Waals surface area contributed by atoms with E-state index in [0.717, 1.165) is 10.9 Å². The van der Waals surface area contributed by atoms with Crippen LogP contribution >= 0.6 is 12.4 Å². The molecule has 2 rings (SSSR count). The first kappa shape index (κ1) is 18.8.